The zero-order valence-electron chi connectivity index (χ0n) is 11.8. The number of aryl methyl sites for hydroxylation is 1. The lowest BCUT2D eigenvalue weighted by atomic mass is 9.93. The van der Waals surface area contributed by atoms with E-state index in [4.69, 9.17) is 5.73 Å². The third kappa shape index (κ3) is 3.92. The topological polar surface area (TPSA) is 60.9 Å². The van der Waals surface area contributed by atoms with Crippen LogP contribution in [0.25, 0.3) is 0 Å². The molecule has 0 aliphatic carbocycles. The summed E-state index contributed by atoms with van der Waals surface area (Å²) < 4.78 is 13.5. The van der Waals surface area contributed by atoms with E-state index < -0.39 is 10.8 Å². The number of hydrogen-bond acceptors (Lipinski definition) is 3. The van der Waals surface area contributed by atoms with Crippen LogP contribution in [-0.2, 0) is 17.3 Å². The maximum absolute atomic E-state index is 11.4. The first-order valence-electron chi connectivity index (χ1n) is 6.49. The second kappa shape index (κ2) is 7.04. The van der Waals surface area contributed by atoms with E-state index in [0.717, 1.165) is 13.0 Å². The van der Waals surface area contributed by atoms with Crippen molar-refractivity contribution < 1.29 is 4.21 Å². The first-order chi connectivity index (χ1) is 8.47. The van der Waals surface area contributed by atoms with E-state index >= 15 is 0 Å². The van der Waals surface area contributed by atoms with Gasteiger partial charge in [-0.1, -0.05) is 20.8 Å². The third-order valence-electron chi connectivity index (χ3n) is 3.53. The quantitative estimate of drug-likeness (QED) is 0.821. The Kier molecular flexibility index (Phi) is 6.02. The molecule has 0 aliphatic rings. The number of hydrogen-bond donors (Lipinski definition) is 1. The first-order valence-corrected chi connectivity index (χ1v) is 8.11. The molecule has 0 amide bonds. The normalized spacial score (nSPS) is 16.8. The van der Waals surface area contributed by atoms with E-state index in [1.165, 1.54) is 5.69 Å². The molecule has 2 N–H and O–H groups in total. The molecule has 0 spiro atoms. The standard InChI is InChI=1S/C13H25N3OS/c1-10(2)12(7-14)13-8-15-9-16(13)6-5-11(3)18(4)17/h8-12H,5-7,14H2,1-4H3. The summed E-state index contributed by atoms with van der Waals surface area (Å²) in [4.78, 5) is 4.23. The van der Waals surface area contributed by atoms with Crippen molar-refractivity contribution in [1.82, 2.24) is 9.55 Å². The van der Waals surface area contributed by atoms with Crippen LogP contribution < -0.4 is 5.73 Å². The fourth-order valence-corrected chi connectivity index (χ4v) is 2.49. The maximum atomic E-state index is 11.4. The fourth-order valence-electron chi connectivity index (χ4n) is 2.05. The second-order valence-corrected chi connectivity index (χ2v) is 7.00. The molecule has 3 atom stereocenters. The van der Waals surface area contributed by atoms with Gasteiger partial charge < -0.3 is 10.3 Å². The molecule has 1 aromatic rings. The molecule has 1 heterocycles. The number of nitrogens with zero attached hydrogens (tertiary/aromatic N) is 2. The second-order valence-electron chi connectivity index (χ2n) is 5.20. The lowest BCUT2D eigenvalue weighted by molar-refractivity contribution is 0.467. The van der Waals surface area contributed by atoms with Crippen LogP contribution in [0.2, 0.25) is 0 Å². The molecule has 4 nitrogen and oxygen atoms in total. The van der Waals surface area contributed by atoms with E-state index in [1.54, 1.807) is 6.26 Å². The molecule has 0 radical (unpaired) electrons. The van der Waals surface area contributed by atoms with Gasteiger partial charge in [-0.2, -0.15) is 0 Å². The van der Waals surface area contributed by atoms with Crippen molar-refractivity contribution in [2.75, 3.05) is 12.8 Å². The zero-order chi connectivity index (χ0) is 13.7. The van der Waals surface area contributed by atoms with Gasteiger partial charge in [0.2, 0.25) is 0 Å². The molecule has 0 aliphatic heterocycles. The van der Waals surface area contributed by atoms with E-state index in [2.05, 4.69) is 23.4 Å². The molecule has 0 saturated carbocycles. The minimum absolute atomic E-state index is 0.218. The van der Waals surface area contributed by atoms with Crippen LogP contribution in [-0.4, -0.2) is 31.8 Å². The van der Waals surface area contributed by atoms with Gasteiger partial charge in [-0.05, 0) is 12.3 Å². The summed E-state index contributed by atoms with van der Waals surface area (Å²) in [6.07, 6.45) is 6.43. The molecular formula is C13H25N3OS. The summed E-state index contributed by atoms with van der Waals surface area (Å²) in [5.41, 5.74) is 7.04. The Bertz CT molecular complexity index is 389. The van der Waals surface area contributed by atoms with E-state index in [0.29, 0.717) is 18.4 Å². The van der Waals surface area contributed by atoms with Gasteiger partial charge in [0.05, 0.1) is 6.33 Å². The molecular weight excluding hydrogens is 246 g/mol. The molecule has 0 fully saturated rings. The van der Waals surface area contributed by atoms with Crippen molar-refractivity contribution in [3.63, 3.8) is 0 Å². The van der Waals surface area contributed by atoms with E-state index in [-0.39, 0.29) is 5.25 Å². The summed E-state index contributed by atoms with van der Waals surface area (Å²) in [7, 11) is -0.758. The Labute approximate surface area is 112 Å². The number of nitrogens with two attached hydrogens (primary N) is 1. The van der Waals surface area contributed by atoms with Gasteiger partial charge in [0.15, 0.2) is 0 Å². The molecule has 0 aromatic carbocycles. The highest BCUT2D eigenvalue weighted by atomic mass is 32.2. The highest BCUT2D eigenvalue weighted by Gasteiger charge is 2.18. The van der Waals surface area contributed by atoms with Crippen molar-refractivity contribution in [2.45, 2.75) is 44.9 Å². The average Bonchev–Trinajstić information content (AvgIpc) is 2.74. The van der Waals surface area contributed by atoms with Gasteiger partial charge in [0.25, 0.3) is 0 Å². The van der Waals surface area contributed by atoms with E-state index in [1.807, 2.05) is 19.4 Å². The molecule has 5 heteroatoms. The summed E-state index contributed by atoms with van der Waals surface area (Å²) in [5.74, 6) is 0.845. The monoisotopic (exact) mass is 271 g/mol. The van der Waals surface area contributed by atoms with Gasteiger partial charge in [0.1, 0.15) is 0 Å². The minimum Gasteiger partial charge on any atom is -0.334 e. The van der Waals surface area contributed by atoms with Crippen LogP contribution in [0.4, 0.5) is 0 Å². The summed E-state index contributed by atoms with van der Waals surface area (Å²) in [6.45, 7) is 7.88. The summed E-state index contributed by atoms with van der Waals surface area (Å²) in [5, 5.41) is 0.218. The first kappa shape index (κ1) is 15.4. The average molecular weight is 271 g/mol. The Morgan fingerprint density at radius 3 is 2.61 bits per heavy atom. The highest BCUT2D eigenvalue weighted by Crippen LogP contribution is 2.23. The SMILES string of the molecule is CC(C)C(CN)c1cncn1CCC(C)S(C)=O. The fraction of sp³-hybridized carbons (Fsp3) is 0.769. The Morgan fingerprint density at radius 2 is 2.11 bits per heavy atom. The number of imidazole rings is 1. The predicted octanol–water partition coefficient (Wildman–Crippen LogP) is 1.74. The molecule has 3 unspecified atom stereocenters. The molecule has 104 valence electrons. The summed E-state index contributed by atoms with van der Waals surface area (Å²) in [6, 6.07) is 0. The Balaban J connectivity index is 2.73. The lowest BCUT2D eigenvalue weighted by Crippen LogP contribution is -2.22. The van der Waals surface area contributed by atoms with Crippen molar-refractivity contribution in [2.24, 2.45) is 11.7 Å². The maximum Gasteiger partial charge on any atom is 0.0948 e. The lowest BCUT2D eigenvalue weighted by Gasteiger charge is -2.21. The smallest absolute Gasteiger partial charge is 0.0948 e. The van der Waals surface area contributed by atoms with Crippen molar-refractivity contribution in [1.29, 1.82) is 0 Å². The van der Waals surface area contributed by atoms with Crippen LogP contribution in [0.3, 0.4) is 0 Å². The van der Waals surface area contributed by atoms with Crippen LogP contribution in [0.5, 0.6) is 0 Å². The van der Waals surface area contributed by atoms with Gasteiger partial charge in [-0.25, -0.2) is 4.98 Å². The summed E-state index contributed by atoms with van der Waals surface area (Å²) >= 11 is 0. The number of aromatic nitrogens is 2. The Morgan fingerprint density at radius 1 is 1.44 bits per heavy atom. The van der Waals surface area contributed by atoms with Crippen LogP contribution in [0.1, 0.15) is 38.8 Å². The molecule has 1 aromatic heterocycles. The molecule has 0 bridgehead atoms. The zero-order valence-corrected chi connectivity index (χ0v) is 12.6. The van der Waals surface area contributed by atoms with Gasteiger partial charge >= 0.3 is 0 Å². The van der Waals surface area contributed by atoms with Gasteiger partial charge in [-0.3, -0.25) is 4.21 Å². The van der Waals surface area contributed by atoms with E-state index in [9.17, 15) is 4.21 Å². The van der Waals surface area contributed by atoms with Crippen LogP contribution in [0, 0.1) is 5.92 Å². The van der Waals surface area contributed by atoms with Crippen molar-refractivity contribution in [3.8, 4) is 0 Å². The molecule has 18 heavy (non-hydrogen) atoms. The molecule has 0 saturated heterocycles. The van der Waals surface area contributed by atoms with Crippen LogP contribution >= 0.6 is 0 Å². The number of rotatable bonds is 7. The molecule has 1 rings (SSSR count). The van der Waals surface area contributed by atoms with Crippen molar-refractivity contribution >= 4 is 10.8 Å². The minimum atomic E-state index is -0.758. The van der Waals surface area contributed by atoms with Crippen molar-refractivity contribution in [3.05, 3.63) is 18.2 Å². The van der Waals surface area contributed by atoms with Gasteiger partial charge in [-0.15, -0.1) is 0 Å². The van der Waals surface area contributed by atoms with Crippen LogP contribution in [0.15, 0.2) is 12.5 Å². The van der Waals surface area contributed by atoms with Gasteiger partial charge in [0, 0.05) is 53.2 Å². The predicted molar refractivity (Wildman–Crippen MR) is 77.0 cm³/mol. The third-order valence-corrected chi connectivity index (χ3v) is 4.90. The largest absolute Gasteiger partial charge is 0.334 e. The Hall–Kier alpha value is -0.680. The highest BCUT2D eigenvalue weighted by molar-refractivity contribution is 7.84.